The average Bonchev–Trinajstić information content (AvgIpc) is 2.86. The van der Waals surface area contributed by atoms with E-state index < -0.39 is 0 Å². The van der Waals surface area contributed by atoms with Crippen LogP contribution in [-0.4, -0.2) is 20.2 Å². The predicted molar refractivity (Wildman–Crippen MR) is 83.5 cm³/mol. The van der Waals surface area contributed by atoms with E-state index in [0.717, 1.165) is 22.4 Å². The van der Waals surface area contributed by atoms with Gasteiger partial charge in [0.25, 0.3) is 0 Å². The van der Waals surface area contributed by atoms with Crippen molar-refractivity contribution in [2.75, 3.05) is 5.73 Å². The molecule has 6 heteroatoms. The maximum atomic E-state index is 6.25. The zero-order chi connectivity index (χ0) is 15.0. The first-order valence-electron chi connectivity index (χ1n) is 6.47. The molecule has 2 N–H and O–H groups in total. The lowest BCUT2D eigenvalue weighted by molar-refractivity contribution is 0.790. The van der Waals surface area contributed by atoms with Gasteiger partial charge in [0.05, 0.1) is 10.7 Å². The van der Waals surface area contributed by atoms with Gasteiger partial charge in [0.1, 0.15) is 0 Å². The fourth-order valence-corrected chi connectivity index (χ4v) is 2.59. The molecule has 3 rings (SSSR count). The largest absolute Gasteiger partial charge is 0.399 e. The van der Waals surface area contributed by atoms with Gasteiger partial charge in [-0.3, -0.25) is 0 Å². The minimum atomic E-state index is 0.524. The van der Waals surface area contributed by atoms with Crippen LogP contribution in [0, 0.1) is 13.8 Å². The Morgan fingerprint density at radius 2 is 1.76 bits per heavy atom. The van der Waals surface area contributed by atoms with Crippen molar-refractivity contribution in [3.05, 3.63) is 52.5 Å². The number of hydrogen-bond donors (Lipinski definition) is 1. The minimum Gasteiger partial charge on any atom is -0.399 e. The van der Waals surface area contributed by atoms with Crippen LogP contribution in [0.4, 0.5) is 5.69 Å². The SMILES string of the molecule is Cc1cc(C)cc(-n2nnnc2-c2ccc(N)cc2Cl)c1. The lowest BCUT2D eigenvalue weighted by Gasteiger charge is -2.08. The molecular formula is C15H14ClN5. The molecule has 0 aliphatic carbocycles. The molecule has 1 heterocycles. The van der Waals surface area contributed by atoms with Crippen LogP contribution in [0.15, 0.2) is 36.4 Å². The summed E-state index contributed by atoms with van der Waals surface area (Å²) in [5.74, 6) is 0.588. The summed E-state index contributed by atoms with van der Waals surface area (Å²) in [5.41, 5.74) is 10.3. The molecule has 2 aromatic carbocycles. The van der Waals surface area contributed by atoms with Crippen molar-refractivity contribution in [3.63, 3.8) is 0 Å². The summed E-state index contributed by atoms with van der Waals surface area (Å²) in [6.07, 6.45) is 0. The van der Waals surface area contributed by atoms with E-state index in [4.69, 9.17) is 17.3 Å². The molecule has 0 bridgehead atoms. The summed E-state index contributed by atoms with van der Waals surface area (Å²) in [7, 11) is 0. The summed E-state index contributed by atoms with van der Waals surface area (Å²) in [6.45, 7) is 4.08. The van der Waals surface area contributed by atoms with Gasteiger partial charge < -0.3 is 5.73 Å². The van der Waals surface area contributed by atoms with E-state index >= 15 is 0 Å². The second-order valence-corrected chi connectivity index (χ2v) is 5.41. The van der Waals surface area contributed by atoms with Gasteiger partial charge in [0.2, 0.25) is 0 Å². The van der Waals surface area contributed by atoms with Gasteiger partial charge in [-0.2, -0.15) is 4.68 Å². The highest BCUT2D eigenvalue weighted by atomic mass is 35.5. The molecule has 1 aromatic heterocycles. The van der Waals surface area contributed by atoms with Crippen LogP contribution < -0.4 is 5.73 Å². The Bertz CT molecular complexity index is 789. The average molecular weight is 300 g/mol. The number of nitrogens with two attached hydrogens (primary N) is 1. The highest BCUT2D eigenvalue weighted by molar-refractivity contribution is 6.33. The maximum Gasteiger partial charge on any atom is 0.188 e. The zero-order valence-electron chi connectivity index (χ0n) is 11.7. The normalized spacial score (nSPS) is 10.8. The smallest absolute Gasteiger partial charge is 0.188 e. The first kappa shape index (κ1) is 13.6. The molecule has 0 spiro atoms. The first-order chi connectivity index (χ1) is 10.0. The van der Waals surface area contributed by atoms with E-state index in [9.17, 15) is 0 Å². The van der Waals surface area contributed by atoms with Crippen LogP contribution in [0.5, 0.6) is 0 Å². The molecular weight excluding hydrogens is 286 g/mol. The number of nitrogen functional groups attached to an aromatic ring is 1. The molecule has 0 aliphatic heterocycles. The second-order valence-electron chi connectivity index (χ2n) is 5.00. The Morgan fingerprint density at radius 1 is 1.05 bits per heavy atom. The Kier molecular flexibility index (Phi) is 3.35. The van der Waals surface area contributed by atoms with Gasteiger partial charge in [-0.15, -0.1) is 5.10 Å². The Hall–Kier alpha value is -2.40. The van der Waals surface area contributed by atoms with Crippen molar-refractivity contribution < 1.29 is 0 Å². The summed E-state index contributed by atoms with van der Waals surface area (Å²) < 4.78 is 1.68. The summed E-state index contributed by atoms with van der Waals surface area (Å²) in [5, 5.41) is 12.5. The van der Waals surface area contributed by atoms with Gasteiger partial charge in [-0.05, 0) is 65.7 Å². The number of aryl methyl sites for hydroxylation is 2. The zero-order valence-corrected chi connectivity index (χ0v) is 12.5. The monoisotopic (exact) mass is 299 g/mol. The summed E-state index contributed by atoms with van der Waals surface area (Å²) in [4.78, 5) is 0. The minimum absolute atomic E-state index is 0.524. The lowest BCUT2D eigenvalue weighted by Crippen LogP contribution is -2.01. The standard InChI is InChI=1S/C15H14ClN5/c1-9-5-10(2)7-12(6-9)21-15(18-19-20-21)13-4-3-11(17)8-14(13)16/h3-8H,17H2,1-2H3. The molecule has 21 heavy (non-hydrogen) atoms. The molecule has 3 aromatic rings. The highest BCUT2D eigenvalue weighted by Gasteiger charge is 2.14. The third kappa shape index (κ3) is 2.60. The van der Waals surface area contributed by atoms with Gasteiger partial charge in [-0.25, -0.2) is 0 Å². The topological polar surface area (TPSA) is 69.6 Å². The van der Waals surface area contributed by atoms with Crippen LogP contribution in [0.1, 0.15) is 11.1 Å². The second kappa shape index (κ2) is 5.18. The van der Waals surface area contributed by atoms with E-state index in [1.54, 1.807) is 16.8 Å². The Labute approximate surface area is 127 Å². The molecule has 0 fully saturated rings. The third-order valence-corrected chi connectivity index (χ3v) is 3.47. The molecule has 0 saturated heterocycles. The fourth-order valence-electron chi connectivity index (χ4n) is 2.31. The van der Waals surface area contributed by atoms with Crippen molar-refractivity contribution in [2.24, 2.45) is 0 Å². The number of rotatable bonds is 2. The van der Waals surface area contributed by atoms with E-state index in [-0.39, 0.29) is 0 Å². The van der Waals surface area contributed by atoms with Crippen molar-refractivity contribution in [1.29, 1.82) is 0 Å². The molecule has 0 saturated carbocycles. The first-order valence-corrected chi connectivity index (χ1v) is 6.85. The number of halogens is 1. The van der Waals surface area contributed by atoms with E-state index in [0.29, 0.717) is 16.5 Å². The Morgan fingerprint density at radius 3 is 2.43 bits per heavy atom. The van der Waals surface area contributed by atoms with Gasteiger partial charge in [-0.1, -0.05) is 17.7 Å². The van der Waals surface area contributed by atoms with E-state index in [1.807, 2.05) is 32.0 Å². The van der Waals surface area contributed by atoms with Gasteiger partial charge >= 0.3 is 0 Å². The maximum absolute atomic E-state index is 6.25. The summed E-state index contributed by atoms with van der Waals surface area (Å²) >= 11 is 6.25. The molecule has 0 atom stereocenters. The van der Waals surface area contributed by atoms with E-state index in [1.165, 1.54) is 0 Å². The summed E-state index contributed by atoms with van der Waals surface area (Å²) in [6, 6.07) is 11.4. The van der Waals surface area contributed by atoms with Crippen molar-refractivity contribution in [2.45, 2.75) is 13.8 Å². The number of benzene rings is 2. The number of tetrazole rings is 1. The fraction of sp³-hybridized carbons (Fsp3) is 0.133. The third-order valence-electron chi connectivity index (χ3n) is 3.15. The molecule has 106 valence electrons. The van der Waals surface area contributed by atoms with Crippen molar-refractivity contribution in [3.8, 4) is 17.1 Å². The molecule has 0 unspecified atom stereocenters. The molecule has 0 radical (unpaired) electrons. The van der Waals surface area contributed by atoms with Crippen LogP contribution in [-0.2, 0) is 0 Å². The van der Waals surface area contributed by atoms with Crippen molar-refractivity contribution in [1.82, 2.24) is 20.2 Å². The van der Waals surface area contributed by atoms with Crippen LogP contribution in [0.2, 0.25) is 5.02 Å². The molecule has 5 nitrogen and oxygen atoms in total. The number of hydrogen-bond acceptors (Lipinski definition) is 4. The van der Waals surface area contributed by atoms with Crippen LogP contribution in [0.3, 0.4) is 0 Å². The van der Waals surface area contributed by atoms with Gasteiger partial charge in [0, 0.05) is 11.3 Å². The number of aromatic nitrogens is 4. The number of anilines is 1. The Balaban J connectivity index is 2.17. The molecule has 0 amide bonds. The lowest BCUT2D eigenvalue weighted by atomic mass is 10.1. The number of nitrogens with zero attached hydrogens (tertiary/aromatic N) is 4. The van der Waals surface area contributed by atoms with Crippen molar-refractivity contribution >= 4 is 17.3 Å². The predicted octanol–water partition coefficient (Wildman–Crippen LogP) is 3.18. The molecule has 0 aliphatic rings. The van der Waals surface area contributed by atoms with Crippen LogP contribution in [0.25, 0.3) is 17.1 Å². The van der Waals surface area contributed by atoms with E-state index in [2.05, 4.69) is 21.6 Å². The van der Waals surface area contributed by atoms with Crippen LogP contribution >= 0.6 is 11.6 Å². The van der Waals surface area contributed by atoms with Gasteiger partial charge in [0.15, 0.2) is 5.82 Å². The quantitative estimate of drug-likeness (QED) is 0.738. The highest BCUT2D eigenvalue weighted by Crippen LogP contribution is 2.29.